The van der Waals surface area contributed by atoms with Crippen LogP contribution in [-0.4, -0.2) is 35.4 Å². The van der Waals surface area contributed by atoms with Gasteiger partial charge >= 0.3 is 0 Å². The van der Waals surface area contributed by atoms with E-state index in [-0.39, 0.29) is 24.1 Å². The molecule has 0 fully saturated rings. The predicted octanol–water partition coefficient (Wildman–Crippen LogP) is 8.49. The molecule has 0 spiro atoms. The Labute approximate surface area is 276 Å². The van der Waals surface area contributed by atoms with Gasteiger partial charge in [-0.05, 0) is 109 Å². The first-order chi connectivity index (χ1) is 22.3. The van der Waals surface area contributed by atoms with Crippen LogP contribution in [0.15, 0.2) is 102 Å². The fourth-order valence-corrected chi connectivity index (χ4v) is 5.62. The maximum atomic E-state index is 14.2. The average Bonchev–Trinajstić information content (AvgIpc) is 3.28. The molecule has 7 heteroatoms. The highest BCUT2D eigenvalue weighted by molar-refractivity contribution is 7.84. The molecule has 244 valence electrons. The second-order valence-electron chi connectivity index (χ2n) is 11.1. The van der Waals surface area contributed by atoms with E-state index in [9.17, 15) is 18.2 Å². The molecule has 0 bridgehead atoms. The third-order valence-electron chi connectivity index (χ3n) is 7.58. The third-order valence-corrected chi connectivity index (χ3v) is 8.51. The minimum absolute atomic E-state index is 0.0325. The lowest BCUT2D eigenvalue weighted by Gasteiger charge is -2.09. The van der Waals surface area contributed by atoms with Gasteiger partial charge < -0.3 is 10.6 Å². The molecule has 1 atom stereocenters. The molecule has 0 aliphatic heterocycles. The Bertz CT molecular complexity index is 1530. The number of fused-ring (bicyclic) bond motifs is 1. The van der Waals surface area contributed by atoms with Crippen LogP contribution < -0.4 is 10.6 Å². The molecule has 2 N–H and O–H groups in total. The van der Waals surface area contributed by atoms with Gasteiger partial charge in [-0.15, -0.1) is 0 Å². The molecule has 3 rings (SSSR count). The van der Waals surface area contributed by atoms with Crippen LogP contribution in [0.2, 0.25) is 0 Å². The van der Waals surface area contributed by atoms with Gasteiger partial charge in [-0.2, -0.15) is 0 Å². The molecule has 46 heavy (non-hydrogen) atoms. The number of allylic oxidation sites excluding steroid dienone is 10. The normalized spacial score (nSPS) is 14.7. The van der Waals surface area contributed by atoms with Gasteiger partial charge in [-0.3, -0.25) is 13.8 Å². The van der Waals surface area contributed by atoms with Gasteiger partial charge in [-0.25, -0.2) is 4.39 Å². The second kappa shape index (κ2) is 20.1. The van der Waals surface area contributed by atoms with Crippen molar-refractivity contribution >= 4 is 39.8 Å². The van der Waals surface area contributed by atoms with Crippen molar-refractivity contribution < 1.29 is 18.2 Å². The lowest BCUT2D eigenvalue weighted by atomic mass is 10.0. The summed E-state index contributed by atoms with van der Waals surface area (Å²) in [6.07, 6.45) is 27.0. The summed E-state index contributed by atoms with van der Waals surface area (Å²) in [5.74, 6) is -0.575. The Kier molecular flexibility index (Phi) is 15.9. The summed E-state index contributed by atoms with van der Waals surface area (Å²) in [6.45, 7) is 4.75. The first-order valence-corrected chi connectivity index (χ1v) is 17.6. The fraction of sp³-hybridized carbons (Fsp3) is 0.333. The van der Waals surface area contributed by atoms with E-state index in [4.69, 9.17) is 0 Å². The second-order valence-corrected chi connectivity index (χ2v) is 12.5. The molecule has 2 aromatic rings. The third kappa shape index (κ3) is 12.4. The van der Waals surface area contributed by atoms with Gasteiger partial charge in [0.05, 0.1) is 6.42 Å². The number of carbonyl (C=O) groups is 2. The lowest BCUT2D eigenvalue weighted by Crippen LogP contribution is -2.34. The molecule has 2 aromatic carbocycles. The summed E-state index contributed by atoms with van der Waals surface area (Å²) in [5.41, 5.74) is 5.15. The summed E-state index contributed by atoms with van der Waals surface area (Å²) in [6, 6.07) is 12.1. The summed E-state index contributed by atoms with van der Waals surface area (Å²) in [7, 11) is -1.06. The van der Waals surface area contributed by atoms with E-state index in [1.165, 1.54) is 12.1 Å². The van der Waals surface area contributed by atoms with Gasteiger partial charge in [0.1, 0.15) is 5.82 Å². The molecule has 5 nitrogen and oxygen atoms in total. The minimum atomic E-state index is -1.06. The van der Waals surface area contributed by atoms with E-state index < -0.39 is 10.8 Å². The maximum absolute atomic E-state index is 14.2. The van der Waals surface area contributed by atoms with Crippen molar-refractivity contribution in [2.24, 2.45) is 0 Å². The number of benzene rings is 2. The molecule has 0 saturated heterocycles. The predicted molar refractivity (Wildman–Crippen MR) is 191 cm³/mol. The number of unbranched alkanes of at least 4 members (excludes halogenated alkanes) is 1. The first kappa shape index (κ1) is 36.4. The molecule has 0 aromatic heterocycles. The van der Waals surface area contributed by atoms with E-state index >= 15 is 0 Å². The van der Waals surface area contributed by atoms with Crippen LogP contribution in [0.4, 0.5) is 4.39 Å². The Morgan fingerprint density at radius 2 is 1.41 bits per heavy atom. The first-order valence-electron chi connectivity index (χ1n) is 16.1. The summed E-state index contributed by atoms with van der Waals surface area (Å²) in [5, 5.41) is 5.74. The van der Waals surface area contributed by atoms with Gasteiger partial charge in [0.2, 0.25) is 11.8 Å². The quantitative estimate of drug-likeness (QED) is 0.127. The van der Waals surface area contributed by atoms with Crippen LogP contribution in [0.3, 0.4) is 0 Å². The molecule has 2 amide bonds. The Morgan fingerprint density at radius 1 is 0.804 bits per heavy atom. The molecule has 0 heterocycles. The van der Waals surface area contributed by atoms with Crippen LogP contribution in [0.1, 0.15) is 81.9 Å². The number of carbonyl (C=O) groups excluding carboxylic acids is 2. The van der Waals surface area contributed by atoms with Crippen LogP contribution in [-0.2, 0) is 20.4 Å². The van der Waals surface area contributed by atoms with Crippen LogP contribution in [0.25, 0.3) is 17.2 Å². The summed E-state index contributed by atoms with van der Waals surface area (Å²) in [4.78, 5) is 25.8. The largest absolute Gasteiger partial charge is 0.354 e. The molecule has 0 saturated carbocycles. The monoisotopic (exact) mass is 642 g/mol. The highest BCUT2D eigenvalue weighted by Crippen LogP contribution is 2.43. The van der Waals surface area contributed by atoms with Crippen LogP contribution in [0.5, 0.6) is 0 Å². The molecule has 0 radical (unpaired) electrons. The highest BCUT2D eigenvalue weighted by atomic mass is 32.2. The Balaban J connectivity index is 1.38. The van der Waals surface area contributed by atoms with Crippen molar-refractivity contribution in [2.45, 2.75) is 70.1 Å². The van der Waals surface area contributed by atoms with E-state index in [1.807, 2.05) is 37.3 Å². The summed E-state index contributed by atoms with van der Waals surface area (Å²) >= 11 is 0. The SMILES string of the molecule is CC/C=C/C/C=C/C/C=C/C/C=C/CCCC(=O)NCCNC(=O)CC1=C(C)/C(=C/c2ccc(S(C)=O)cc2)c2ccc(F)cc21. The van der Waals surface area contributed by atoms with Crippen molar-refractivity contribution in [1.82, 2.24) is 10.6 Å². The van der Waals surface area contributed by atoms with Gasteiger partial charge in [-0.1, -0.05) is 73.7 Å². The standard InChI is InChI=1S/C39H47FN2O3S/c1-4-5-6-7-8-9-10-11-12-13-14-15-16-17-18-38(43)41-25-26-42-39(44)29-36-30(2)35(34-24-21-32(40)28-37(34)36)27-31-19-22-33(23-20-31)46(3)45/h5-6,8-9,11-12,14-15,19-24,27-28H,4,7,10,13,16-18,25-26,29H2,1-3H3,(H,41,43)(H,42,44)/b6-5+,9-8+,12-11+,15-14+,35-27-. The maximum Gasteiger partial charge on any atom is 0.224 e. The zero-order valence-electron chi connectivity index (χ0n) is 27.3. The van der Waals surface area contributed by atoms with Gasteiger partial charge in [0, 0.05) is 41.5 Å². The number of nitrogens with one attached hydrogen (secondary N) is 2. The number of halogens is 1. The fourth-order valence-electron chi connectivity index (χ4n) is 5.10. The molecule has 1 aliphatic carbocycles. The molecule has 1 aliphatic rings. The lowest BCUT2D eigenvalue weighted by molar-refractivity contribution is -0.122. The van der Waals surface area contributed by atoms with E-state index in [0.717, 1.165) is 71.3 Å². The van der Waals surface area contributed by atoms with E-state index in [1.54, 1.807) is 12.3 Å². The van der Waals surface area contributed by atoms with Crippen molar-refractivity contribution in [3.63, 3.8) is 0 Å². The van der Waals surface area contributed by atoms with Crippen molar-refractivity contribution in [1.29, 1.82) is 0 Å². The van der Waals surface area contributed by atoms with E-state index in [2.05, 4.69) is 66.2 Å². The topological polar surface area (TPSA) is 75.3 Å². The van der Waals surface area contributed by atoms with Crippen LogP contribution >= 0.6 is 0 Å². The molecular weight excluding hydrogens is 596 g/mol. The smallest absolute Gasteiger partial charge is 0.224 e. The number of hydrogen-bond donors (Lipinski definition) is 2. The Morgan fingerprint density at radius 3 is 2.04 bits per heavy atom. The van der Waals surface area contributed by atoms with Gasteiger partial charge in [0.15, 0.2) is 0 Å². The molecular formula is C39H47FN2O3S. The van der Waals surface area contributed by atoms with Crippen molar-refractivity contribution in [3.8, 4) is 0 Å². The minimum Gasteiger partial charge on any atom is -0.354 e. The number of rotatable bonds is 18. The average molecular weight is 643 g/mol. The van der Waals surface area contributed by atoms with Crippen molar-refractivity contribution in [2.75, 3.05) is 19.3 Å². The summed E-state index contributed by atoms with van der Waals surface area (Å²) < 4.78 is 26.0. The van der Waals surface area contributed by atoms with Crippen molar-refractivity contribution in [3.05, 3.63) is 119 Å². The van der Waals surface area contributed by atoms with Crippen LogP contribution in [0, 0.1) is 5.82 Å². The highest BCUT2D eigenvalue weighted by Gasteiger charge is 2.25. The number of hydrogen-bond acceptors (Lipinski definition) is 3. The van der Waals surface area contributed by atoms with E-state index in [0.29, 0.717) is 25.1 Å². The zero-order chi connectivity index (χ0) is 33.1. The molecule has 1 unspecified atom stereocenters. The number of amides is 2. The Hall–Kier alpha value is -4.10. The zero-order valence-corrected chi connectivity index (χ0v) is 28.1. The van der Waals surface area contributed by atoms with Gasteiger partial charge in [0.25, 0.3) is 0 Å².